The molecule has 3 aromatic rings. The Labute approximate surface area is 223 Å². The third kappa shape index (κ3) is 5.71. The van der Waals surface area contributed by atoms with Crippen molar-refractivity contribution in [1.29, 1.82) is 0 Å². The molecule has 0 unspecified atom stereocenters. The lowest BCUT2D eigenvalue weighted by molar-refractivity contribution is -0.113. The molecule has 1 saturated heterocycles. The number of thioether (sulfide) groups is 1. The Morgan fingerprint density at radius 1 is 1.09 bits per heavy atom. The molecular weight excluding hydrogens is 605 g/mol. The standard InChI is InChI=1S/C25H18Br2FNO3S2/c1-2-31-21-11-16(10-20(27)23(21)32-14-15-6-8-18(28)9-7-15)12-22-24(30)29(25(33)34-22)19-5-3-4-17(26)13-19/h3-13H,2,14H2,1H3/b22-12-. The van der Waals surface area contributed by atoms with E-state index in [4.69, 9.17) is 21.7 Å². The molecule has 174 valence electrons. The lowest BCUT2D eigenvalue weighted by atomic mass is 10.1. The van der Waals surface area contributed by atoms with Crippen molar-refractivity contribution in [1.82, 2.24) is 0 Å². The number of hydrogen-bond acceptors (Lipinski definition) is 5. The molecule has 3 aromatic carbocycles. The summed E-state index contributed by atoms with van der Waals surface area (Å²) < 4.78 is 27.0. The first-order valence-electron chi connectivity index (χ1n) is 10.2. The number of benzene rings is 3. The van der Waals surface area contributed by atoms with Crippen molar-refractivity contribution in [2.75, 3.05) is 11.5 Å². The van der Waals surface area contributed by atoms with Crippen molar-refractivity contribution in [2.45, 2.75) is 13.5 Å². The fourth-order valence-electron chi connectivity index (χ4n) is 3.27. The van der Waals surface area contributed by atoms with E-state index in [0.717, 1.165) is 15.6 Å². The summed E-state index contributed by atoms with van der Waals surface area (Å²) in [6, 6.07) is 17.3. The molecule has 1 heterocycles. The molecule has 1 aliphatic rings. The van der Waals surface area contributed by atoms with Crippen LogP contribution in [0.15, 0.2) is 74.5 Å². The minimum atomic E-state index is -0.297. The van der Waals surface area contributed by atoms with Crippen LogP contribution in [0.3, 0.4) is 0 Å². The van der Waals surface area contributed by atoms with Crippen LogP contribution in [0, 0.1) is 5.82 Å². The highest BCUT2D eigenvalue weighted by molar-refractivity contribution is 9.10. The minimum absolute atomic E-state index is 0.182. The van der Waals surface area contributed by atoms with E-state index in [1.807, 2.05) is 43.3 Å². The highest BCUT2D eigenvalue weighted by atomic mass is 79.9. The summed E-state index contributed by atoms with van der Waals surface area (Å²) in [6.07, 6.45) is 1.79. The first-order valence-corrected chi connectivity index (χ1v) is 13.0. The zero-order valence-corrected chi connectivity index (χ0v) is 22.7. The number of hydrogen-bond donors (Lipinski definition) is 0. The number of ether oxygens (including phenoxy) is 2. The maximum atomic E-state index is 13.2. The number of carbonyl (C=O) groups is 1. The van der Waals surface area contributed by atoms with Gasteiger partial charge in [0.2, 0.25) is 0 Å². The van der Waals surface area contributed by atoms with Crippen molar-refractivity contribution in [3.63, 3.8) is 0 Å². The fraction of sp³-hybridized carbons (Fsp3) is 0.120. The van der Waals surface area contributed by atoms with Gasteiger partial charge in [-0.1, -0.05) is 58.1 Å². The van der Waals surface area contributed by atoms with Crippen LogP contribution < -0.4 is 14.4 Å². The van der Waals surface area contributed by atoms with Crippen molar-refractivity contribution >= 4 is 77.8 Å². The second kappa shape index (κ2) is 11.0. The minimum Gasteiger partial charge on any atom is -0.490 e. The molecule has 4 rings (SSSR count). The fourth-order valence-corrected chi connectivity index (χ4v) is 5.53. The predicted molar refractivity (Wildman–Crippen MR) is 146 cm³/mol. The highest BCUT2D eigenvalue weighted by Crippen LogP contribution is 2.41. The second-order valence-electron chi connectivity index (χ2n) is 7.18. The molecule has 4 nitrogen and oxygen atoms in total. The van der Waals surface area contributed by atoms with Gasteiger partial charge in [-0.25, -0.2) is 4.39 Å². The molecule has 0 bridgehead atoms. The monoisotopic (exact) mass is 621 g/mol. The van der Waals surface area contributed by atoms with Gasteiger partial charge in [-0.3, -0.25) is 9.69 Å². The summed E-state index contributed by atoms with van der Waals surface area (Å²) in [7, 11) is 0. The van der Waals surface area contributed by atoms with E-state index < -0.39 is 0 Å². The van der Waals surface area contributed by atoms with Crippen LogP contribution in [0.5, 0.6) is 11.5 Å². The summed E-state index contributed by atoms with van der Waals surface area (Å²) in [4.78, 5) is 15.2. The van der Waals surface area contributed by atoms with Gasteiger partial charge in [-0.2, -0.15) is 0 Å². The molecule has 9 heteroatoms. The van der Waals surface area contributed by atoms with E-state index >= 15 is 0 Å². The van der Waals surface area contributed by atoms with Crippen molar-refractivity contribution in [3.8, 4) is 11.5 Å². The Bertz CT molecular complexity index is 1280. The van der Waals surface area contributed by atoms with Crippen LogP contribution in [0.4, 0.5) is 10.1 Å². The average Bonchev–Trinajstić information content (AvgIpc) is 3.07. The molecule has 0 atom stereocenters. The molecule has 0 spiro atoms. The van der Waals surface area contributed by atoms with E-state index in [9.17, 15) is 9.18 Å². The number of rotatable bonds is 7. The Kier molecular flexibility index (Phi) is 8.08. The third-order valence-electron chi connectivity index (χ3n) is 4.79. The Morgan fingerprint density at radius 2 is 1.85 bits per heavy atom. The number of nitrogens with zero attached hydrogens (tertiary/aromatic N) is 1. The van der Waals surface area contributed by atoms with Crippen LogP contribution >= 0.6 is 55.8 Å². The maximum absolute atomic E-state index is 13.2. The number of anilines is 1. The van der Waals surface area contributed by atoms with Gasteiger partial charge >= 0.3 is 0 Å². The third-order valence-corrected chi connectivity index (χ3v) is 7.17. The van der Waals surface area contributed by atoms with E-state index in [-0.39, 0.29) is 18.3 Å². The molecule has 0 aliphatic carbocycles. The van der Waals surface area contributed by atoms with Gasteiger partial charge in [0.05, 0.1) is 21.7 Å². The van der Waals surface area contributed by atoms with Gasteiger partial charge in [-0.05, 0) is 82.5 Å². The van der Waals surface area contributed by atoms with Gasteiger partial charge in [0.25, 0.3) is 5.91 Å². The highest BCUT2D eigenvalue weighted by Gasteiger charge is 2.33. The Balaban J connectivity index is 1.60. The Morgan fingerprint density at radius 3 is 2.56 bits per heavy atom. The van der Waals surface area contributed by atoms with Crippen LogP contribution in [-0.4, -0.2) is 16.8 Å². The molecule has 0 N–H and O–H groups in total. The van der Waals surface area contributed by atoms with Gasteiger partial charge in [-0.15, -0.1) is 0 Å². The summed E-state index contributed by atoms with van der Waals surface area (Å²) in [6.45, 7) is 2.57. The normalized spacial score (nSPS) is 14.7. The molecule has 1 aliphatic heterocycles. The summed E-state index contributed by atoms with van der Waals surface area (Å²) in [5, 5.41) is 0. The van der Waals surface area contributed by atoms with E-state index in [1.54, 1.807) is 18.2 Å². The van der Waals surface area contributed by atoms with Crippen molar-refractivity contribution < 1.29 is 18.7 Å². The summed E-state index contributed by atoms with van der Waals surface area (Å²) >= 11 is 13.7. The first kappa shape index (κ1) is 24.9. The largest absolute Gasteiger partial charge is 0.490 e. The van der Waals surface area contributed by atoms with Gasteiger partial charge in [0.1, 0.15) is 12.4 Å². The summed E-state index contributed by atoms with van der Waals surface area (Å²) in [5.41, 5.74) is 2.30. The smallest absolute Gasteiger partial charge is 0.270 e. The Hall–Kier alpha value is -2.20. The van der Waals surface area contributed by atoms with Crippen LogP contribution in [0.25, 0.3) is 6.08 Å². The first-order chi connectivity index (χ1) is 16.4. The lowest BCUT2D eigenvalue weighted by Gasteiger charge is -2.15. The van der Waals surface area contributed by atoms with Crippen molar-refractivity contribution in [3.05, 3.63) is 91.5 Å². The molecule has 0 aromatic heterocycles. The zero-order valence-electron chi connectivity index (χ0n) is 17.9. The van der Waals surface area contributed by atoms with Gasteiger partial charge in [0, 0.05) is 4.47 Å². The topological polar surface area (TPSA) is 38.8 Å². The number of amides is 1. The molecular formula is C25H18Br2FNO3S2. The van der Waals surface area contributed by atoms with E-state index in [2.05, 4.69) is 31.9 Å². The molecule has 0 saturated carbocycles. The molecule has 1 fully saturated rings. The van der Waals surface area contributed by atoms with Gasteiger partial charge in [0.15, 0.2) is 15.8 Å². The van der Waals surface area contributed by atoms with Crippen molar-refractivity contribution in [2.24, 2.45) is 0 Å². The lowest BCUT2D eigenvalue weighted by Crippen LogP contribution is -2.27. The summed E-state index contributed by atoms with van der Waals surface area (Å²) in [5.74, 6) is 0.589. The second-order valence-corrected chi connectivity index (χ2v) is 10.6. The number of halogens is 3. The van der Waals surface area contributed by atoms with Crippen LogP contribution in [0.1, 0.15) is 18.1 Å². The van der Waals surface area contributed by atoms with E-state index in [0.29, 0.717) is 37.5 Å². The molecule has 0 radical (unpaired) electrons. The van der Waals surface area contributed by atoms with Crippen LogP contribution in [0.2, 0.25) is 0 Å². The molecule has 1 amide bonds. The van der Waals surface area contributed by atoms with Crippen LogP contribution in [-0.2, 0) is 11.4 Å². The predicted octanol–water partition coefficient (Wildman–Crippen LogP) is 7.73. The average molecular weight is 623 g/mol. The maximum Gasteiger partial charge on any atom is 0.270 e. The van der Waals surface area contributed by atoms with E-state index in [1.165, 1.54) is 28.8 Å². The van der Waals surface area contributed by atoms with Gasteiger partial charge < -0.3 is 9.47 Å². The number of carbonyl (C=O) groups excluding carboxylic acids is 1. The number of thiocarbonyl (C=S) groups is 1. The SMILES string of the molecule is CCOc1cc(/C=C2\SC(=S)N(c3cccc(Br)c3)C2=O)cc(Br)c1OCc1ccc(F)cc1. The zero-order chi connectivity index (χ0) is 24.2. The molecule has 34 heavy (non-hydrogen) atoms. The quantitative estimate of drug-likeness (QED) is 0.199.